The smallest absolute Gasteiger partial charge is 0.251 e. The molecule has 0 aliphatic rings. The van der Waals surface area contributed by atoms with E-state index in [9.17, 15) is 4.79 Å². The summed E-state index contributed by atoms with van der Waals surface area (Å²) in [7, 11) is 0. The van der Waals surface area contributed by atoms with Crippen LogP contribution in [0.25, 0.3) is 0 Å². The van der Waals surface area contributed by atoms with Crippen LogP contribution in [0.5, 0.6) is 0 Å². The van der Waals surface area contributed by atoms with Crippen LogP contribution in [0.3, 0.4) is 0 Å². The first kappa shape index (κ1) is 12.4. The van der Waals surface area contributed by atoms with Crippen LogP contribution in [0.15, 0.2) is 35.3 Å². The maximum Gasteiger partial charge on any atom is 0.251 e. The standard InChI is InChI=1S/C13H17NO2/c1-4-16-13(14-12(15)10(2)3)11-8-6-5-7-9-11/h5-10H,4H2,1-3H3. The van der Waals surface area contributed by atoms with Crippen molar-refractivity contribution < 1.29 is 9.53 Å². The van der Waals surface area contributed by atoms with E-state index in [1.807, 2.05) is 51.1 Å². The Kier molecular flexibility index (Phi) is 4.70. The molecule has 1 aromatic carbocycles. The van der Waals surface area contributed by atoms with Crippen molar-refractivity contribution in [2.45, 2.75) is 20.8 Å². The van der Waals surface area contributed by atoms with Crippen LogP contribution in [0, 0.1) is 5.92 Å². The van der Waals surface area contributed by atoms with Crippen molar-refractivity contribution in [1.82, 2.24) is 0 Å². The molecule has 0 fully saturated rings. The topological polar surface area (TPSA) is 38.7 Å². The van der Waals surface area contributed by atoms with Crippen molar-refractivity contribution in [3.05, 3.63) is 35.9 Å². The lowest BCUT2D eigenvalue weighted by molar-refractivity contribution is -0.120. The summed E-state index contributed by atoms with van der Waals surface area (Å²) in [5.41, 5.74) is 0.832. The van der Waals surface area contributed by atoms with Crippen LogP contribution >= 0.6 is 0 Å². The van der Waals surface area contributed by atoms with Crippen molar-refractivity contribution >= 4 is 11.8 Å². The minimum atomic E-state index is -0.160. The van der Waals surface area contributed by atoms with Crippen molar-refractivity contribution in [2.75, 3.05) is 6.61 Å². The Morgan fingerprint density at radius 2 is 1.94 bits per heavy atom. The molecule has 16 heavy (non-hydrogen) atoms. The van der Waals surface area contributed by atoms with Gasteiger partial charge in [0.2, 0.25) is 5.90 Å². The van der Waals surface area contributed by atoms with E-state index in [-0.39, 0.29) is 11.8 Å². The maximum absolute atomic E-state index is 11.5. The summed E-state index contributed by atoms with van der Waals surface area (Å²) < 4.78 is 5.38. The molecule has 0 atom stereocenters. The molecular weight excluding hydrogens is 202 g/mol. The van der Waals surface area contributed by atoms with E-state index < -0.39 is 0 Å². The Hall–Kier alpha value is -1.64. The maximum atomic E-state index is 11.5. The van der Waals surface area contributed by atoms with Gasteiger partial charge >= 0.3 is 0 Å². The Balaban J connectivity index is 2.96. The van der Waals surface area contributed by atoms with Gasteiger partial charge in [-0.3, -0.25) is 4.79 Å². The zero-order valence-electron chi connectivity index (χ0n) is 9.93. The molecular formula is C13H17NO2. The number of carbonyl (C=O) groups is 1. The van der Waals surface area contributed by atoms with Gasteiger partial charge in [-0.2, -0.15) is 4.99 Å². The second kappa shape index (κ2) is 6.05. The zero-order chi connectivity index (χ0) is 12.0. The molecule has 1 aromatic rings. The molecule has 0 N–H and O–H groups in total. The Labute approximate surface area is 96.2 Å². The number of aliphatic imine (C=N–C) groups is 1. The predicted octanol–water partition coefficient (Wildman–Crippen LogP) is 2.65. The number of benzene rings is 1. The molecule has 0 heterocycles. The lowest BCUT2D eigenvalue weighted by Crippen LogP contribution is -2.12. The third-order valence-corrected chi connectivity index (χ3v) is 2.01. The fraction of sp³-hybridized carbons (Fsp3) is 0.385. The van der Waals surface area contributed by atoms with Gasteiger partial charge in [0.25, 0.3) is 5.91 Å². The molecule has 0 saturated carbocycles. The quantitative estimate of drug-likeness (QED) is 0.579. The van der Waals surface area contributed by atoms with Crippen molar-refractivity contribution in [3.8, 4) is 0 Å². The molecule has 0 saturated heterocycles. The van der Waals surface area contributed by atoms with Gasteiger partial charge in [-0.05, 0) is 19.1 Å². The molecule has 0 spiro atoms. The van der Waals surface area contributed by atoms with E-state index in [1.165, 1.54) is 0 Å². The van der Waals surface area contributed by atoms with Gasteiger partial charge in [0.1, 0.15) is 0 Å². The van der Waals surface area contributed by atoms with Gasteiger partial charge in [-0.25, -0.2) is 0 Å². The van der Waals surface area contributed by atoms with Crippen LogP contribution in [0.1, 0.15) is 26.3 Å². The SMILES string of the molecule is CCOC(=NC(=O)C(C)C)c1ccccc1. The van der Waals surface area contributed by atoms with Gasteiger partial charge in [0.15, 0.2) is 0 Å². The number of nitrogens with zero attached hydrogens (tertiary/aromatic N) is 1. The molecule has 0 bridgehead atoms. The van der Waals surface area contributed by atoms with E-state index in [0.29, 0.717) is 12.5 Å². The van der Waals surface area contributed by atoms with E-state index in [4.69, 9.17) is 4.74 Å². The first-order chi connectivity index (χ1) is 7.65. The highest BCUT2D eigenvalue weighted by Crippen LogP contribution is 2.05. The highest BCUT2D eigenvalue weighted by Gasteiger charge is 2.10. The van der Waals surface area contributed by atoms with E-state index in [0.717, 1.165) is 5.56 Å². The van der Waals surface area contributed by atoms with Crippen molar-refractivity contribution in [2.24, 2.45) is 10.9 Å². The van der Waals surface area contributed by atoms with Crippen LogP contribution in [0.4, 0.5) is 0 Å². The summed E-state index contributed by atoms with van der Waals surface area (Å²) in [5.74, 6) is 0.133. The molecule has 86 valence electrons. The number of amides is 1. The Morgan fingerprint density at radius 1 is 1.31 bits per heavy atom. The Bertz CT molecular complexity index is 369. The second-order valence-electron chi connectivity index (χ2n) is 3.71. The largest absolute Gasteiger partial charge is 0.477 e. The van der Waals surface area contributed by atoms with Crippen LogP contribution in [0.2, 0.25) is 0 Å². The van der Waals surface area contributed by atoms with Gasteiger partial charge < -0.3 is 4.74 Å². The van der Waals surface area contributed by atoms with Gasteiger partial charge in [0.05, 0.1) is 6.61 Å². The summed E-state index contributed by atoms with van der Waals surface area (Å²) in [5, 5.41) is 0. The van der Waals surface area contributed by atoms with Crippen LogP contribution in [-0.2, 0) is 9.53 Å². The third kappa shape index (κ3) is 3.50. The molecule has 0 aliphatic carbocycles. The van der Waals surface area contributed by atoms with Crippen molar-refractivity contribution in [3.63, 3.8) is 0 Å². The van der Waals surface area contributed by atoms with Crippen molar-refractivity contribution in [1.29, 1.82) is 0 Å². The van der Waals surface area contributed by atoms with Crippen LogP contribution in [-0.4, -0.2) is 18.4 Å². The molecule has 3 heteroatoms. The summed E-state index contributed by atoms with van der Waals surface area (Å²) in [6.45, 7) is 6.01. The lowest BCUT2D eigenvalue weighted by atomic mass is 10.2. The summed E-state index contributed by atoms with van der Waals surface area (Å²) in [6.07, 6.45) is 0. The van der Waals surface area contributed by atoms with Gasteiger partial charge in [0, 0.05) is 11.5 Å². The van der Waals surface area contributed by atoms with Gasteiger partial charge in [-0.15, -0.1) is 0 Å². The summed E-state index contributed by atoms with van der Waals surface area (Å²) >= 11 is 0. The monoisotopic (exact) mass is 219 g/mol. The first-order valence-corrected chi connectivity index (χ1v) is 5.46. The first-order valence-electron chi connectivity index (χ1n) is 5.46. The number of hydrogen-bond acceptors (Lipinski definition) is 2. The van der Waals surface area contributed by atoms with E-state index >= 15 is 0 Å². The normalized spacial score (nSPS) is 11.6. The van der Waals surface area contributed by atoms with E-state index in [1.54, 1.807) is 0 Å². The minimum absolute atomic E-state index is 0.112. The predicted molar refractivity (Wildman–Crippen MR) is 64.5 cm³/mol. The lowest BCUT2D eigenvalue weighted by Gasteiger charge is -2.07. The fourth-order valence-electron chi connectivity index (χ4n) is 1.13. The second-order valence-corrected chi connectivity index (χ2v) is 3.71. The number of carbonyl (C=O) groups excluding carboxylic acids is 1. The number of hydrogen-bond donors (Lipinski definition) is 0. The third-order valence-electron chi connectivity index (χ3n) is 2.01. The van der Waals surface area contributed by atoms with Crippen LogP contribution < -0.4 is 0 Å². The number of rotatable bonds is 3. The highest BCUT2D eigenvalue weighted by atomic mass is 16.5. The van der Waals surface area contributed by atoms with E-state index in [2.05, 4.69) is 4.99 Å². The van der Waals surface area contributed by atoms with Gasteiger partial charge in [-0.1, -0.05) is 32.0 Å². The fourth-order valence-corrected chi connectivity index (χ4v) is 1.13. The minimum Gasteiger partial charge on any atom is -0.477 e. The highest BCUT2D eigenvalue weighted by molar-refractivity contribution is 6.01. The molecule has 1 amide bonds. The molecule has 0 unspecified atom stereocenters. The average molecular weight is 219 g/mol. The average Bonchev–Trinajstić information content (AvgIpc) is 2.29. The molecule has 0 aromatic heterocycles. The zero-order valence-corrected chi connectivity index (χ0v) is 9.93. The molecule has 0 radical (unpaired) electrons. The summed E-state index contributed by atoms with van der Waals surface area (Å²) in [6, 6.07) is 9.45. The Morgan fingerprint density at radius 3 is 2.44 bits per heavy atom. The number of ether oxygens (including phenoxy) is 1. The molecule has 3 nitrogen and oxygen atoms in total. The summed E-state index contributed by atoms with van der Waals surface area (Å²) in [4.78, 5) is 15.5. The molecule has 1 rings (SSSR count). The molecule has 0 aliphatic heterocycles.